The summed E-state index contributed by atoms with van der Waals surface area (Å²) in [5.41, 5.74) is 3.44. The van der Waals surface area contributed by atoms with Crippen molar-refractivity contribution in [2.24, 2.45) is 5.10 Å². The minimum atomic E-state index is -0.532. The van der Waals surface area contributed by atoms with Crippen LogP contribution in [0.3, 0.4) is 0 Å². The normalized spacial score (nSPS) is 10.6. The number of carbonyl (C=O) groups is 2. The summed E-state index contributed by atoms with van der Waals surface area (Å²) in [6.45, 7) is 0.296. The lowest BCUT2D eigenvalue weighted by Crippen LogP contribution is -2.26. The van der Waals surface area contributed by atoms with Gasteiger partial charge in [-0.3, -0.25) is 19.7 Å². The van der Waals surface area contributed by atoms with E-state index >= 15 is 0 Å². The molecule has 0 radical (unpaired) electrons. The maximum atomic E-state index is 11.9. The molecule has 0 heterocycles. The van der Waals surface area contributed by atoms with Crippen molar-refractivity contribution >= 4 is 35.3 Å². The number of rotatable bonds is 8. The first-order valence-corrected chi connectivity index (χ1v) is 8.43. The Hall–Kier alpha value is -3.26. The van der Waals surface area contributed by atoms with Gasteiger partial charge in [0, 0.05) is 35.7 Å². The molecule has 140 valence electrons. The molecule has 9 heteroatoms. The quantitative estimate of drug-likeness (QED) is 0.313. The number of hydrazone groups is 1. The highest BCUT2D eigenvalue weighted by atomic mass is 35.5. The van der Waals surface area contributed by atoms with E-state index in [2.05, 4.69) is 15.8 Å². The van der Waals surface area contributed by atoms with Gasteiger partial charge in [0.15, 0.2) is 0 Å². The minimum Gasteiger partial charge on any atom is -0.352 e. The van der Waals surface area contributed by atoms with Crippen LogP contribution >= 0.6 is 11.6 Å². The molecule has 0 fully saturated rings. The molecule has 0 spiro atoms. The van der Waals surface area contributed by atoms with Gasteiger partial charge in [-0.1, -0.05) is 23.7 Å². The number of hydrogen-bond donors (Lipinski definition) is 2. The Morgan fingerprint density at radius 3 is 2.41 bits per heavy atom. The number of benzene rings is 2. The number of non-ortho nitro benzene ring substituents is 1. The molecule has 2 rings (SSSR count). The standard InChI is InChI=1S/C18H17ClN4O4/c19-15-7-3-13(4-8-15)12-21-22-17(24)2-1-11-20-18(25)14-5-9-16(10-6-14)23(26)27/h3-10,12H,1-2,11H2,(H,20,25)(H,22,24). The van der Waals surface area contributed by atoms with Crippen LogP contribution in [0.1, 0.15) is 28.8 Å². The van der Waals surface area contributed by atoms with Crippen LogP contribution < -0.4 is 10.7 Å². The van der Waals surface area contributed by atoms with Crippen LogP contribution in [0, 0.1) is 10.1 Å². The number of amides is 2. The molecule has 0 saturated heterocycles. The van der Waals surface area contributed by atoms with Gasteiger partial charge in [-0.25, -0.2) is 5.43 Å². The molecule has 2 N–H and O–H groups in total. The van der Waals surface area contributed by atoms with E-state index in [1.807, 2.05) is 0 Å². The van der Waals surface area contributed by atoms with Gasteiger partial charge in [-0.15, -0.1) is 0 Å². The Kier molecular flexibility index (Phi) is 7.45. The molecule has 0 aliphatic carbocycles. The second-order valence-corrected chi connectivity index (χ2v) is 5.94. The number of nitro groups is 1. The van der Waals surface area contributed by atoms with Crippen LogP contribution in [0.15, 0.2) is 53.6 Å². The highest BCUT2D eigenvalue weighted by Gasteiger charge is 2.09. The highest BCUT2D eigenvalue weighted by molar-refractivity contribution is 6.30. The van der Waals surface area contributed by atoms with E-state index < -0.39 is 4.92 Å². The smallest absolute Gasteiger partial charge is 0.269 e. The number of nitro benzene ring substituents is 1. The Bertz CT molecular complexity index is 835. The highest BCUT2D eigenvalue weighted by Crippen LogP contribution is 2.11. The Morgan fingerprint density at radius 1 is 1.11 bits per heavy atom. The van der Waals surface area contributed by atoms with Gasteiger partial charge in [0.1, 0.15) is 0 Å². The third-order valence-electron chi connectivity index (χ3n) is 3.48. The van der Waals surface area contributed by atoms with Crippen LogP contribution in [0.5, 0.6) is 0 Å². The predicted octanol–water partition coefficient (Wildman–Crippen LogP) is 2.91. The molecule has 27 heavy (non-hydrogen) atoms. The van der Waals surface area contributed by atoms with Crippen molar-refractivity contribution in [3.05, 3.63) is 74.8 Å². The van der Waals surface area contributed by atoms with E-state index in [-0.39, 0.29) is 23.9 Å². The summed E-state index contributed by atoms with van der Waals surface area (Å²) in [5, 5.41) is 17.7. The van der Waals surface area contributed by atoms with Crippen molar-refractivity contribution in [2.75, 3.05) is 6.54 Å². The lowest BCUT2D eigenvalue weighted by Gasteiger charge is -2.05. The summed E-state index contributed by atoms with van der Waals surface area (Å²) in [4.78, 5) is 33.6. The molecule has 0 bridgehead atoms. The molecule has 0 aromatic heterocycles. The maximum Gasteiger partial charge on any atom is 0.269 e. The summed E-state index contributed by atoms with van der Waals surface area (Å²) in [5.74, 6) is -0.629. The Balaban J connectivity index is 1.66. The molecule has 2 amide bonds. The molecule has 0 unspecified atom stereocenters. The fourth-order valence-electron chi connectivity index (χ4n) is 2.07. The van der Waals surface area contributed by atoms with Crippen LogP contribution in [0.25, 0.3) is 0 Å². The SMILES string of the molecule is O=C(CCCNC(=O)c1ccc([N+](=O)[O-])cc1)NN=Cc1ccc(Cl)cc1. The average Bonchev–Trinajstić information content (AvgIpc) is 2.66. The second-order valence-electron chi connectivity index (χ2n) is 5.51. The first-order valence-electron chi connectivity index (χ1n) is 8.06. The number of carbonyl (C=O) groups excluding carboxylic acids is 2. The summed E-state index contributed by atoms with van der Waals surface area (Å²) in [7, 11) is 0. The number of halogens is 1. The van der Waals surface area contributed by atoms with Crippen LogP contribution in [-0.4, -0.2) is 29.5 Å². The molecular formula is C18H17ClN4O4. The lowest BCUT2D eigenvalue weighted by molar-refractivity contribution is -0.384. The average molecular weight is 389 g/mol. The van der Waals surface area contributed by atoms with Crippen molar-refractivity contribution in [3.63, 3.8) is 0 Å². The first kappa shape index (κ1) is 20.1. The van der Waals surface area contributed by atoms with E-state index in [1.54, 1.807) is 24.3 Å². The molecule has 2 aromatic rings. The Labute approximate surface area is 160 Å². The van der Waals surface area contributed by atoms with Crippen LogP contribution in [-0.2, 0) is 4.79 Å². The van der Waals surface area contributed by atoms with Crippen molar-refractivity contribution < 1.29 is 14.5 Å². The van der Waals surface area contributed by atoms with E-state index in [1.165, 1.54) is 30.5 Å². The zero-order valence-corrected chi connectivity index (χ0v) is 15.0. The van der Waals surface area contributed by atoms with Gasteiger partial charge in [-0.05, 0) is 36.2 Å². The van der Waals surface area contributed by atoms with Crippen molar-refractivity contribution in [1.82, 2.24) is 10.7 Å². The van der Waals surface area contributed by atoms with Gasteiger partial charge in [0.05, 0.1) is 11.1 Å². The molecule has 0 aliphatic heterocycles. The largest absolute Gasteiger partial charge is 0.352 e. The molecule has 0 atom stereocenters. The third kappa shape index (κ3) is 6.87. The van der Waals surface area contributed by atoms with E-state index in [0.717, 1.165) is 5.56 Å². The fourth-order valence-corrected chi connectivity index (χ4v) is 2.20. The molecular weight excluding hydrogens is 372 g/mol. The van der Waals surface area contributed by atoms with Gasteiger partial charge in [-0.2, -0.15) is 5.10 Å². The van der Waals surface area contributed by atoms with Crippen molar-refractivity contribution in [2.45, 2.75) is 12.8 Å². The van der Waals surface area contributed by atoms with Crippen LogP contribution in [0.4, 0.5) is 5.69 Å². The molecule has 2 aromatic carbocycles. The number of hydrogen-bond acceptors (Lipinski definition) is 5. The maximum absolute atomic E-state index is 11.9. The minimum absolute atomic E-state index is 0.0811. The second kappa shape index (κ2) is 10.0. The van der Waals surface area contributed by atoms with E-state index in [9.17, 15) is 19.7 Å². The summed E-state index contributed by atoms with van der Waals surface area (Å²) in [6, 6.07) is 12.3. The Morgan fingerprint density at radius 2 is 1.78 bits per heavy atom. The summed E-state index contributed by atoms with van der Waals surface area (Å²) < 4.78 is 0. The zero-order chi connectivity index (χ0) is 19.6. The molecule has 0 saturated carbocycles. The molecule has 0 aliphatic rings. The van der Waals surface area contributed by atoms with E-state index in [4.69, 9.17) is 11.6 Å². The zero-order valence-electron chi connectivity index (χ0n) is 14.2. The lowest BCUT2D eigenvalue weighted by atomic mass is 10.2. The van der Waals surface area contributed by atoms with Gasteiger partial charge < -0.3 is 5.32 Å². The molecule has 8 nitrogen and oxygen atoms in total. The van der Waals surface area contributed by atoms with Gasteiger partial charge >= 0.3 is 0 Å². The third-order valence-corrected chi connectivity index (χ3v) is 3.73. The monoisotopic (exact) mass is 388 g/mol. The summed E-state index contributed by atoms with van der Waals surface area (Å²) in [6.07, 6.45) is 2.13. The fraction of sp³-hybridized carbons (Fsp3) is 0.167. The van der Waals surface area contributed by atoms with Crippen molar-refractivity contribution in [3.8, 4) is 0 Å². The van der Waals surface area contributed by atoms with Crippen molar-refractivity contribution in [1.29, 1.82) is 0 Å². The topological polar surface area (TPSA) is 114 Å². The number of nitrogens with one attached hydrogen (secondary N) is 2. The predicted molar refractivity (Wildman–Crippen MR) is 102 cm³/mol. The van der Waals surface area contributed by atoms with Gasteiger partial charge in [0.2, 0.25) is 5.91 Å². The van der Waals surface area contributed by atoms with Gasteiger partial charge in [0.25, 0.3) is 11.6 Å². The van der Waals surface area contributed by atoms with E-state index in [0.29, 0.717) is 23.6 Å². The number of nitrogens with zero attached hydrogens (tertiary/aromatic N) is 2. The summed E-state index contributed by atoms with van der Waals surface area (Å²) >= 11 is 5.78. The van der Waals surface area contributed by atoms with Crippen LogP contribution in [0.2, 0.25) is 5.02 Å². The first-order chi connectivity index (χ1) is 13.0.